The number of fused-ring (bicyclic) bond motifs is 1. The Labute approximate surface area is 225 Å². The number of hydrogen-bond acceptors (Lipinski definition) is 14. The van der Waals surface area contributed by atoms with Gasteiger partial charge in [-0.25, -0.2) is 0 Å². The van der Waals surface area contributed by atoms with Crippen molar-refractivity contribution in [3.8, 4) is 34.3 Å². The van der Waals surface area contributed by atoms with Gasteiger partial charge in [-0.05, 0) is 31.2 Å². The van der Waals surface area contributed by atoms with Gasteiger partial charge in [0.25, 0.3) is 0 Å². The molecule has 0 radical (unpaired) electrons. The summed E-state index contributed by atoms with van der Waals surface area (Å²) in [7, 11) is 0. The van der Waals surface area contributed by atoms with E-state index in [1.807, 2.05) is 0 Å². The van der Waals surface area contributed by atoms with Gasteiger partial charge in [0.1, 0.15) is 64.8 Å². The van der Waals surface area contributed by atoms with Gasteiger partial charge in [0.2, 0.25) is 17.5 Å². The molecule has 14 heteroatoms. The molecule has 0 spiro atoms. The van der Waals surface area contributed by atoms with Crippen LogP contribution >= 0.6 is 0 Å². The molecule has 2 aliphatic rings. The monoisotopic (exact) mass is 564 g/mol. The fraction of sp³-hybridized carbons (Fsp3) is 0.423. The van der Waals surface area contributed by atoms with Crippen LogP contribution < -0.4 is 10.2 Å². The summed E-state index contributed by atoms with van der Waals surface area (Å²) >= 11 is 0. The quantitative estimate of drug-likeness (QED) is 0.191. The van der Waals surface area contributed by atoms with Crippen LogP contribution in [0.3, 0.4) is 0 Å². The molecular formula is C26H28O14. The van der Waals surface area contributed by atoms with Crippen LogP contribution in [0.15, 0.2) is 45.6 Å². The molecule has 3 aromatic rings. The third kappa shape index (κ3) is 5.07. The Balaban J connectivity index is 1.43. The van der Waals surface area contributed by atoms with Crippen LogP contribution in [-0.2, 0) is 14.2 Å². The molecular weight excluding hydrogens is 536 g/mol. The van der Waals surface area contributed by atoms with Crippen molar-refractivity contribution in [1.29, 1.82) is 0 Å². The van der Waals surface area contributed by atoms with E-state index in [0.29, 0.717) is 0 Å². The summed E-state index contributed by atoms with van der Waals surface area (Å²) < 4.78 is 27.9. The lowest BCUT2D eigenvalue weighted by Crippen LogP contribution is -2.61. The zero-order valence-corrected chi connectivity index (χ0v) is 20.9. The molecule has 1 aromatic heterocycles. The highest BCUT2D eigenvalue weighted by Crippen LogP contribution is 2.37. The van der Waals surface area contributed by atoms with Gasteiger partial charge >= 0.3 is 0 Å². The molecule has 14 nitrogen and oxygen atoms in total. The van der Waals surface area contributed by atoms with E-state index >= 15 is 0 Å². The molecule has 9 atom stereocenters. The Kier molecular flexibility index (Phi) is 7.60. The highest BCUT2D eigenvalue weighted by molar-refractivity contribution is 5.88. The molecule has 2 fully saturated rings. The highest BCUT2D eigenvalue weighted by atomic mass is 16.7. The van der Waals surface area contributed by atoms with Crippen LogP contribution in [-0.4, -0.2) is 103 Å². The lowest BCUT2D eigenvalue weighted by atomic mass is 9.99. The molecule has 0 unspecified atom stereocenters. The lowest BCUT2D eigenvalue weighted by Gasteiger charge is -2.43. The number of phenols is 3. The molecule has 2 aliphatic heterocycles. The van der Waals surface area contributed by atoms with Crippen LogP contribution in [0.5, 0.6) is 23.0 Å². The van der Waals surface area contributed by atoms with Crippen molar-refractivity contribution in [2.45, 2.75) is 62.2 Å². The molecule has 2 saturated heterocycles. The molecule has 0 bridgehead atoms. The van der Waals surface area contributed by atoms with Gasteiger partial charge in [0.05, 0.1) is 12.7 Å². The maximum Gasteiger partial charge on any atom is 0.239 e. The van der Waals surface area contributed by atoms with E-state index in [9.17, 15) is 45.6 Å². The molecule has 5 rings (SSSR count). The number of aromatic hydroxyl groups is 3. The second-order valence-electron chi connectivity index (χ2n) is 9.63. The summed E-state index contributed by atoms with van der Waals surface area (Å²) in [6.45, 7) is 1.03. The number of phenolic OH excluding ortho intramolecular Hbond substituents is 3. The van der Waals surface area contributed by atoms with Crippen molar-refractivity contribution in [2.24, 2.45) is 0 Å². The van der Waals surface area contributed by atoms with Crippen LogP contribution in [0.25, 0.3) is 22.3 Å². The van der Waals surface area contributed by atoms with Crippen molar-refractivity contribution in [3.63, 3.8) is 0 Å². The van der Waals surface area contributed by atoms with Crippen LogP contribution in [0.2, 0.25) is 0 Å². The maximum atomic E-state index is 13.4. The second kappa shape index (κ2) is 10.8. The lowest BCUT2D eigenvalue weighted by molar-refractivity contribution is -0.333. The second-order valence-corrected chi connectivity index (χ2v) is 9.63. The molecule has 0 saturated carbocycles. The van der Waals surface area contributed by atoms with Crippen LogP contribution in [0.1, 0.15) is 6.92 Å². The van der Waals surface area contributed by atoms with E-state index < -0.39 is 78.8 Å². The maximum absolute atomic E-state index is 13.4. The average molecular weight is 564 g/mol. The van der Waals surface area contributed by atoms with Crippen molar-refractivity contribution >= 4 is 11.0 Å². The Morgan fingerprint density at radius 2 is 1.50 bits per heavy atom. The van der Waals surface area contributed by atoms with Gasteiger partial charge in [0, 0.05) is 17.7 Å². The Morgan fingerprint density at radius 1 is 0.825 bits per heavy atom. The minimum absolute atomic E-state index is 0.0756. The highest BCUT2D eigenvalue weighted by Gasteiger charge is 2.47. The standard InChI is InChI=1S/C26H28O14/c1-9-17(30)20(33)22(35)26(37-9)39-15-8-36-25(21(34)18(15)31)40-24-19(32)16-13(29)6-12(28)7-14(16)38-23(24)10-2-4-11(27)5-3-10/h2-7,9,15,17-18,20-22,25-31,33-35H,8H2,1H3/t9-,15+,17-,18+,20+,21-,22-,25-,26-/m0/s1. The van der Waals surface area contributed by atoms with Gasteiger partial charge in [-0.2, -0.15) is 0 Å². The molecule has 3 heterocycles. The minimum atomic E-state index is -1.82. The number of aliphatic hydroxyl groups excluding tert-OH is 5. The minimum Gasteiger partial charge on any atom is -0.508 e. The first-order chi connectivity index (χ1) is 19.0. The molecule has 0 amide bonds. The van der Waals surface area contributed by atoms with Gasteiger partial charge in [0.15, 0.2) is 12.1 Å². The van der Waals surface area contributed by atoms with Gasteiger partial charge < -0.3 is 64.2 Å². The first kappa shape index (κ1) is 28.1. The van der Waals surface area contributed by atoms with E-state index in [-0.39, 0.29) is 33.8 Å². The molecule has 40 heavy (non-hydrogen) atoms. The topological polar surface area (TPSA) is 229 Å². The normalized spacial score (nSPS) is 32.7. The molecule has 216 valence electrons. The number of rotatable bonds is 5. The van der Waals surface area contributed by atoms with Crippen molar-refractivity contribution in [3.05, 3.63) is 46.6 Å². The Hall–Kier alpha value is -3.47. The molecule has 8 N–H and O–H groups in total. The Bertz CT molecular complexity index is 1420. The largest absolute Gasteiger partial charge is 0.508 e. The van der Waals surface area contributed by atoms with E-state index in [2.05, 4.69) is 0 Å². The number of ether oxygens (including phenoxy) is 4. The smallest absolute Gasteiger partial charge is 0.239 e. The number of hydrogen-bond donors (Lipinski definition) is 8. The summed E-state index contributed by atoms with van der Waals surface area (Å²) in [6.07, 6.45) is -13.4. The predicted molar refractivity (Wildman–Crippen MR) is 133 cm³/mol. The summed E-state index contributed by atoms with van der Waals surface area (Å²) in [4.78, 5) is 13.4. The fourth-order valence-corrected chi connectivity index (χ4v) is 4.58. The summed E-state index contributed by atoms with van der Waals surface area (Å²) in [5.41, 5.74) is -0.810. The van der Waals surface area contributed by atoms with Crippen molar-refractivity contribution in [2.75, 3.05) is 6.61 Å². The zero-order chi connectivity index (χ0) is 28.9. The fourth-order valence-electron chi connectivity index (χ4n) is 4.58. The van der Waals surface area contributed by atoms with Crippen molar-refractivity contribution < 1.29 is 64.2 Å². The van der Waals surface area contributed by atoms with E-state index in [1.165, 1.54) is 31.2 Å². The third-order valence-corrected chi connectivity index (χ3v) is 6.83. The summed E-state index contributed by atoms with van der Waals surface area (Å²) in [6, 6.07) is 7.50. The van der Waals surface area contributed by atoms with E-state index in [0.717, 1.165) is 12.1 Å². The van der Waals surface area contributed by atoms with Gasteiger partial charge in [-0.3, -0.25) is 4.79 Å². The summed E-state index contributed by atoms with van der Waals surface area (Å²) in [5, 5.41) is 81.1. The Morgan fingerprint density at radius 3 is 2.20 bits per heavy atom. The van der Waals surface area contributed by atoms with E-state index in [4.69, 9.17) is 23.4 Å². The number of aliphatic hydroxyl groups is 5. The summed E-state index contributed by atoms with van der Waals surface area (Å²) in [5.74, 6) is -1.74. The first-order valence-electron chi connectivity index (χ1n) is 12.3. The molecule has 2 aromatic carbocycles. The predicted octanol–water partition coefficient (Wildman–Crippen LogP) is -0.754. The van der Waals surface area contributed by atoms with Crippen LogP contribution in [0.4, 0.5) is 0 Å². The number of benzene rings is 2. The first-order valence-corrected chi connectivity index (χ1v) is 12.3. The van der Waals surface area contributed by atoms with E-state index in [1.54, 1.807) is 0 Å². The van der Waals surface area contributed by atoms with Crippen molar-refractivity contribution in [1.82, 2.24) is 0 Å². The average Bonchev–Trinajstić information content (AvgIpc) is 2.91. The molecule has 0 aliphatic carbocycles. The third-order valence-electron chi connectivity index (χ3n) is 6.83. The van der Waals surface area contributed by atoms with Gasteiger partial charge in [-0.1, -0.05) is 0 Å². The van der Waals surface area contributed by atoms with Gasteiger partial charge in [-0.15, -0.1) is 0 Å². The SMILES string of the molecule is C[C@@H]1O[C@@H](O[C@@H]2CO[C@@H](Oc3c(-c4ccc(O)cc4)oc4cc(O)cc(O)c4c3=O)[C@@H](O)[C@@H]2O)[C@@H](O)[C@H](O)[C@H]1O. The zero-order valence-electron chi connectivity index (χ0n) is 20.9. The van der Waals surface area contributed by atoms with Crippen LogP contribution in [0, 0.1) is 0 Å².